The van der Waals surface area contributed by atoms with Crippen LogP contribution in [0.3, 0.4) is 0 Å². The smallest absolute Gasteiger partial charge is 0.222 e. The Morgan fingerprint density at radius 1 is 1.10 bits per heavy atom. The van der Waals surface area contributed by atoms with E-state index in [2.05, 4.69) is 4.90 Å². The van der Waals surface area contributed by atoms with Gasteiger partial charge in [0.2, 0.25) is 5.78 Å². The molecule has 0 radical (unpaired) electrons. The van der Waals surface area contributed by atoms with E-state index in [4.69, 9.17) is 0 Å². The van der Waals surface area contributed by atoms with Gasteiger partial charge in [-0.25, -0.2) is 4.39 Å². The summed E-state index contributed by atoms with van der Waals surface area (Å²) in [5.74, 6) is -1.18. The molecule has 0 unspecified atom stereocenters. The highest BCUT2D eigenvalue weighted by atomic mass is 19.1. The average Bonchev–Trinajstić information content (AvgIpc) is 2.81. The Hall–Kier alpha value is -1.68. The molecule has 3 aliphatic rings. The van der Waals surface area contributed by atoms with Gasteiger partial charge in [0, 0.05) is 44.0 Å². The first-order chi connectivity index (χ1) is 9.74. The number of halogens is 1. The number of nitrogens with zero attached hydrogens (tertiary/aromatic N) is 2. The minimum absolute atomic E-state index is 0.378. The molecule has 4 heteroatoms. The van der Waals surface area contributed by atoms with Crippen LogP contribution in [0, 0.1) is 0 Å². The van der Waals surface area contributed by atoms with Gasteiger partial charge < -0.3 is 9.80 Å². The lowest BCUT2D eigenvalue weighted by atomic mass is 10.1. The lowest BCUT2D eigenvalue weighted by molar-refractivity contribution is 0.0999. The molecule has 1 aromatic carbocycles. The van der Waals surface area contributed by atoms with Crippen LogP contribution in [-0.4, -0.2) is 47.8 Å². The Bertz CT molecular complexity index is 506. The van der Waals surface area contributed by atoms with Crippen LogP contribution < -0.4 is 0 Å². The molecule has 1 aromatic rings. The number of Topliss-reactive ketones (excluding diaryl/α,β-unsaturated/α-hetero) is 1. The standard InChI is InChI=1S/C16H19FN2O/c17-15(16(20)13-4-2-1-3-5-13)12-19-11-10-18-8-6-14(19)7-9-18/h1-5,12,14H,6-11H2. The topological polar surface area (TPSA) is 23.6 Å². The van der Waals surface area contributed by atoms with Crippen LogP contribution in [0.2, 0.25) is 0 Å². The zero-order valence-corrected chi connectivity index (χ0v) is 11.5. The number of fused-ring (bicyclic) bond motifs is 4. The maximum atomic E-state index is 14.2. The van der Waals surface area contributed by atoms with Gasteiger partial charge in [0.15, 0.2) is 5.83 Å². The first-order valence-corrected chi connectivity index (χ1v) is 7.19. The third-order valence-corrected chi connectivity index (χ3v) is 4.23. The van der Waals surface area contributed by atoms with E-state index in [-0.39, 0.29) is 0 Å². The second kappa shape index (κ2) is 5.75. The number of allylic oxidation sites excluding steroid dienone is 1. The molecule has 3 nitrogen and oxygen atoms in total. The molecule has 0 saturated carbocycles. The van der Waals surface area contributed by atoms with Crippen molar-refractivity contribution < 1.29 is 9.18 Å². The number of carbonyl (C=O) groups is 1. The third-order valence-electron chi connectivity index (χ3n) is 4.23. The predicted octanol–water partition coefficient (Wildman–Crippen LogP) is 2.46. The van der Waals surface area contributed by atoms with Crippen molar-refractivity contribution in [3.8, 4) is 0 Å². The molecule has 0 amide bonds. The van der Waals surface area contributed by atoms with Gasteiger partial charge in [-0.05, 0) is 12.8 Å². The molecule has 3 heterocycles. The Morgan fingerprint density at radius 2 is 1.80 bits per heavy atom. The van der Waals surface area contributed by atoms with Gasteiger partial charge in [-0.2, -0.15) is 0 Å². The molecule has 3 saturated heterocycles. The predicted molar refractivity (Wildman–Crippen MR) is 76.1 cm³/mol. The molecule has 4 rings (SSSR count). The summed E-state index contributed by atoms with van der Waals surface area (Å²) >= 11 is 0. The van der Waals surface area contributed by atoms with E-state index >= 15 is 0 Å². The average molecular weight is 274 g/mol. The first-order valence-electron chi connectivity index (χ1n) is 7.19. The molecule has 0 N–H and O–H groups in total. The number of carbonyl (C=O) groups excluding carboxylic acids is 1. The number of rotatable bonds is 3. The highest BCUT2D eigenvalue weighted by molar-refractivity contribution is 6.07. The van der Waals surface area contributed by atoms with E-state index in [0.717, 1.165) is 39.0 Å². The fourth-order valence-corrected chi connectivity index (χ4v) is 3.02. The number of ketones is 1. The van der Waals surface area contributed by atoms with Crippen LogP contribution in [0.15, 0.2) is 42.4 Å². The van der Waals surface area contributed by atoms with E-state index in [0.29, 0.717) is 11.6 Å². The maximum Gasteiger partial charge on any atom is 0.222 e. The second-order valence-corrected chi connectivity index (χ2v) is 5.48. The molecule has 0 aromatic heterocycles. The summed E-state index contributed by atoms with van der Waals surface area (Å²) in [6, 6.07) is 9.00. The van der Waals surface area contributed by atoms with E-state index in [9.17, 15) is 9.18 Å². The number of hydrogen-bond acceptors (Lipinski definition) is 3. The molecular formula is C16H19FN2O. The lowest BCUT2D eigenvalue weighted by Crippen LogP contribution is -2.35. The Balaban J connectivity index is 1.76. The minimum atomic E-state index is -0.656. The number of hydrogen-bond donors (Lipinski definition) is 0. The largest absolute Gasteiger partial charge is 0.371 e. The van der Waals surface area contributed by atoms with Gasteiger partial charge in [0.05, 0.1) is 0 Å². The SMILES string of the molecule is O=C(C(F)=CN1CCN2CCC1CC2)c1ccccc1. The third kappa shape index (κ3) is 2.75. The van der Waals surface area contributed by atoms with Gasteiger partial charge in [-0.1, -0.05) is 30.3 Å². The monoisotopic (exact) mass is 274 g/mol. The van der Waals surface area contributed by atoms with Crippen molar-refractivity contribution in [2.45, 2.75) is 18.9 Å². The van der Waals surface area contributed by atoms with Crippen molar-refractivity contribution in [2.24, 2.45) is 0 Å². The van der Waals surface area contributed by atoms with Crippen LogP contribution in [0.4, 0.5) is 4.39 Å². The van der Waals surface area contributed by atoms with Gasteiger partial charge in [0.25, 0.3) is 0 Å². The fourth-order valence-electron chi connectivity index (χ4n) is 3.02. The number of piperidine rings is 1. The molecule has 20 heavy (non-hydrogen) atoms. The summed E-state index contributed by atoms with van der Waals surface area (Å²) in [7, 11) is 0. The molecule has 3 aliphatic heterocycles. The molecule has 0 atom stereocenters. The zero-order valence-electron chi connectivity index (χ0n) is 11.5. The molecule has 2 bridgehead atoms. The number of benzene rings is 1. The van der Waals surface area contributed by atoms with Crippen LogP contribution in [-0.2, 0) is 0 Å². The van der Waals surface area contributed by atoms with Gasteiger partial charge in [-0.3, -0.25) is 4.79 Å². The van der Waals surface area contributed by atoms with Crippen LogP contribution in [0.25, 0.3) is 0 Å². The Morgan fingerprint density at radius 3 is 2.50 bits per heavy atom. The maximum absolute atomic E-state index is 14.2. The summed E-state index contributed by atoms with van der Waals surface area (Å²) in [5, 5.41) is 0. The minimum Gasteiger partial charge on any atom is -0.371 e. The van der Waals surface area contributed by atoms with E-state index in [1.165, 1.54) is 6.20 Å². The lowest BCUT2D eigenvalue weighted by Gasteiger charge is -2.30. The van der Waals surface area contributed by atoms with E-state index < -0.39 is 11.6 Å². The zero-order chi connectivity index (χ0) is 13.9. The van der Waals surface area contributed by atoms with Crippen molar-refractivity contribution >= 4 is 5.78 Å². The quantitative estimate of drug-likeness (QED) is 0.625. The van der Waals surface area contributed by atoms with Crippen molar-refractivity contribution in [3.05, 3.63) is 47.9 Å². The van der Waals surface area contributed by atoms with E-state index in [1.54, 1.807) is 24.3 Å². The van der Waals surface area contributed by atoms with Gasteiger partial charge in [0.1, 0.15) is 0 Å². The van der Waals surface area contributed by atoms with Gasteiger partial charge in [-0.15, -0.1) is 0 Å². The summed E-state index contributed by atoms with van der Waals surface area (Å²) in [6.07, 6.45) is 3.54. The Labute approximate surface area is 118 Å². The normalized spacial score (nSPS) is 26.4. The molecule has 0 spiro atoms. The summed E-state index contributed by atoms with van der Waals surface area (Å²) in [6.45, 7) is 3.94. The van der Waals surface area contributed by atoms with Crippen molar-refractivity contribution in [3.63, 3.8) is 0 Å². The van der Waals surface area contributed by atoms with Crippen molar-refractivity contribution in [2.75, 3.05) is 26.2 Å². The fraction of sp³-hybridized carbons (Fsp3) is 0.438. The summed E-state index contributed by atoms with van der Waals surface area (Å²) < 4.78 is 14.2. The molecule has 0 aliphatic carbocycles. The van der Waals surface area contributed by atoms with E-state index in [1.807, 2.05) is 11.0 Å². The van der Waals surface area contributed by atoms with Gasteiger partial charge >= 0.3 is 0 Å². The van der Waals surface area contributed by atoms with Crippen LogP contribution >= 0.6 is 0 Å². The van der Waals surface area contributed by atoms with Crippen molar-refractivity contribution in [1.82, 2.24) is 9.80 Å². The highest BCUT2D eigenvalue weighted by Crippen LogP contribution is 2.22. The van der Waals surface area contributed by atoms with Crippen LogP contribution in [0.1, 0.15) is 23.2 Å². The van der Waals surface area contributed by atoms with Crippen molar-refractivity contribution in [1.29, 1.82) is 0 Å². The molecule has 3 fully saturated rings. The summed E-state index contributed by atoms with van der Waals surface area (Å²) in [5.41, 5.74) is 0.407. The molecule has 106 valence electrons. The Kier molecular flexibility index (Phi) is 3.83. The van der Waals surface area contributed by atoms with Crippen LogP contribution in [0.5, 0.6) is 0 Å². The second-order valence-electron chi connectivity index (χ2n) is 5.48. The molecular weight excluding hydrogens is 255 g/mol. The summed E-state index contributed by atoms with van der Waals surface area (Å²) in [4.78, 5) is 16.5. The first kappa shape index (κ1) is 13.3. The highest BCUT2D eigenvalue weighted by Gasteiger charge is 2.28.